The molecule has 5 heteroatoms. The molecule has 2 aliphatic heterocycles. The number of carbonyl (C=O) groups is 1. The highest BCUT2D eigenvalue weighted by atomic mass is 16.2. The lowest BCUT2D eigenvalue weighted by Crippen LogP contribution is -2.53. The Kier molecular flexibility index (Phi) is 4.91. The standard InChI is InChI=1S/C15H28N4O/c20-15(17-13-3-1-2-4-13)12-18-7-9-19(10-8-18)14-5-6-16-11-14/h13-14,16H,1-12H2,(H,17,20). The molecule has 0 bridgehead atoms. The van der Waals surface area contributed by atoms with Gasteiger partial charge in [0.05, 0.1) is 6.54 Å². The molecule has 0 radical (unpaired) electrons. The monoisotopic (exact) mass is 280 g/mol. The molecule has 20 heavy (non-hydrogen) atoms. The van der Waals surface area contributed by atoms with Crippen LogP contribution >= 0.6 is 0 Å². The summed E-state index contributed by atoms with van der Waals surface area (Å²) < 4.78 is 0. The number of carbonyl (C=O) groups excluding carboxylic acids is 1. The van der Waals surface area contributed by atoms with Crippen molar-refractivity contribution >= 4 is 5.91 Å². The van der Waals surface area contributed by atoms with Gasteiger partial charge in [-0.25, -0.2) is 0 Å². The smallest absolute Gasteiger partial charge is 0.234 e. The molecule has 3 aliphatic rings. The second-order valence-corrected chi connectivity index (χ2v) is 6.51. The zero-order valence-corrected chi connectivity index (χ0v) is 12.4. The van der Waals surface area contributed by atoms with Crippen LogP contribution in [-0.4, -0.2) is 73.6 Å². The van der Waals surface area contributed by atoms with Crippen LogP contribution < -0.4 is 10.6 Å². The molecule has 2 N–H and O–H groups in total. The lowest BCUT2D eigenvalue weighted by atomic mass is 10.2. The molecule has 1 aliphatic carbocycles. The summed E-state index contributed by atoms with van der Waals surface area (Å²) in [7, 11) is 0. The van der Waals surface area contributed by atoms with Crippen LogP contribution in [0.2, 0.25) is 0 Å². The molecule has 0 aromatic heterocycles. The van der Waals surface area contributed by atoms with Crippen LogP contribution in [0.1, 0.15) is 32.1 Å². The van der Waals surface area contributed by atoms with E-state index in [-0.39, 0.29) is 5.91 Å². The molecule has 0 spiro atoms. The molecule has 1 amide bonds. The number of nitrogens with zero attached hydrogens (tertiary/aromatic N) is 2. The maximum atomic E-state index is 12.0. The van der Waals surface area contributed by atoms with Crippen LogP contribution in [0.15, 0.2) is 0 Å². The van der Waals surface area contributed by atoms with E-state index in [1.54, 1.807) is 0 Å². The van der Waals surface area contributed by atoms with Gasteiger partial charge in [0.1, 0.15) is 0 Å². The van der Waals surface area contributed by atoms with Crippen LogP contribution in [0.4, 0.5) is 0 Å². The van der Waals surface area contributed by atoms with Crippen molar-refractivity contribution in [1.82, 2.24) is 20.4 Å². The molecule has 114 valence electrons. The summed E-state index contributed by atoms with van der Waals surface area (Å²) in [5.41, 5.74) is 0. The highest BCUT2D eigenvalue weighted by molar-refractivity contribution is 5.78. The van der Waals surface area contributed by atoms with E-state index in [1.165, 1.54) is 32.1 Å². The summed E-state index contributed by atoms with van der Waals surface area (Å²) in [5, 5.41) is 6.62. The van der Waals surface area contributed by atoms with Crippen molar-refractivity contribution in [3.8, 4) is 0 Å². The highest BCUT2D eigenvalue weighted by Gasteiger charge is 2.27. The van der Waals surface area contributed by atoms with E-state index in [1.807, 2.05) is 0 Å². The van der Waals surface area contributed by atoms with E-state index < -0.39 is 0 Å². The van der Waals surface area contributed by atoms with Crippen molar-refractivity contribution in [2.75, 3.05) is 45.8 Å². The fraction of sp³-hybridized carbons (Fsp3) is 0.933. The zero-order valence-electron chi connectivity index (χ0n) is 12.4. The topological polar surface area (TPSA) is 47.6 Å². The van der Waals surface area contributed by atoms with Gasteiger partial charge in [-0.3, -0.25) is 14.6 Å². The predicted molar refractivity (Wildman–Crippen MR) is 79.7 cm³/mol. The Morgan fingerprint density at radius 2 is 1.85 bits per heavy atom. The van der Waals surface area contributed by atoms with E-state index in [2.05, 4.69) is 20.4 Å². The number of amides is 1. The summed E-state index contributed by atoms with van der Waals surface area (Å²) in [6, 6.07) is 1.18. The van der Waals surface area contributed by atoms with Gasteiger partial charge in [0.25, 0.3) is 0 Å². The van der Waals surface area contributed by atoms with Crippen molar-refractivity contribution in [2.45, 2.75) is 44.2 Å². The Balaban J connectivity index is 1.36. The Labute approximate surface area is 122 Å². The van der Waals surface area contributed by atoms with Gasteiger partial charge in [0.15, 0.2) is 0 Å². The predicted octanol–water partition coefficient (Wildman–Crippen LogP) is 0.0247. The van der Waals surface area contributed by atoms with Gasteiger partial charge in [-0.15, -0.1) is 0 Å². The largest absolute Gasteiger partial charge is 0.352 e. The zero-order chi connectivity index (χ0) is 13.8. The molecule has 3 fully saturated rings. The first kappa shape index (κ1) is 14.3. The average molecular weight is 280 g/mol. The Bertz CT molecular complexity index is 316. The molecule has 2 heterocycles. The van der Waals surface area contributed by atoms with E-state index in [0.717, 1.165) is 45.3 Å². The van der Waals surface area contributed by atoms with Gasteiger partial charge in [-0.1, -0.05) is 12.8 Å². The maximum absolute atomic E-state index is 12.0. The third-order valence-electron chi connectivity index (χ3n) is 5.05. The summed E-state index contributed by atoms with van der Waals surface area (Å²) in [6.45, 7) is 7.19. The van der Waals surface area contributed by atoms with Crippen LogP contribution in [-0.2, 0) is 4.79 Å². The second kappa shape index (κ2) is 6.87. The molecule has 3 rings (SSSR count). The quantitative estimate of drug-likeness (QED) is 0.762. The molecule has 0 aromatic carbocycles. The van der Waals surface area contributed by atoms with E-state index in [0.29, 0.717) is 12.6 Å². The summed E-state index contributed by atoms with van der Waals surface area (Å²) in [4.78, 5) is 16.9. The number of hydrogen-bond donors (Lipinski definition) is 2. The van der Waals surface area contributed by atoms with Gasteiger partial charge >= 0.3 is 0 Å². The molecule has 1 unspecified atom stereocenters. The van der Waals surface area contributed by atoms with E-state index in [9.17, 15) is 4.79 Å². The Morgan fingerprint density at radius 1 is 1.10 bits per heavy atom. The summed E-state index contributed by atoms with van der Waals surface area (Å²) >= 11 is 0. The van der Waals surface area contributed by atoms with Gasteiger partial charge in [0.2, 0.25) is 5.91 Å². The molecule has 1 saturated carbocycles. The minimum absolute atomic E-state index is 0.230. The van der Waals surface area contributed by atoms with Gasteiger partial charge in [-0.05, 0) is 25.8 Å². The normalized spacial score (nSPS) is 29.9. The molecule has 1 atom stereocenters. The van der Waals surface area contributed by atoms with Gasteiger partial charge < -0.3 is 10.6 Å². The molecular formula is C15H28N4O. The molecule has 5 nitrogen and oxygen atoms in total. The van der Waals surface area contributed by atoms with Crippen molar-refractivity contribution in [3.05, 3.63) is 0 Å². The lowest BCUT2D eigenvalue weighted by molar-refractivity contribution is -0.123. The minimum atomic E-state index is 0.230. The lowest BCUT2D eigenvalue weighted by Gasteiger charge is -2.37. The van der Waals surface area contributed by atoms with Crippen LogP contribution in [0, 0.1) is 0 Å². The van der Waals surface area contributed by atoms with E-state index in [4.69, 9.17) is 0 Å². The second-order valence-electron chi connectivity index (χ2n) is 6.51. The average Bonchev–Trinajstić information content (AvgIpc) is 3.12. The summed E-state index contributed by atoms with van der Waals surface area (Å²) in [6.07, 6.45) is 6.18. The number of hydrogen-bond acceptors (Lipinski definition) is 4. The molecule has 2 saturated heterocycles. The highest BCUT2D eigenvalue weighted by Crippen LogP contribution is 2.17. The van der Waals surface area contributed by atoms with Crippen molar-refractivity contribution in [2.24, 2.45) is 0 Å². The van der Waals surface area contributed by atoms with Crippen molar-refractivity contribution in [1.29, 1.82) is 0 Å². The fourth-order valence-electron chi connectivity index (χ4n) is 3.78. The van der Waals surface area contributed by atoms with Crippen LogP contribution in [0.25, 0.3) is 0 Å². The number of piperazine rings is 1. The number of rotatable bonds is 4. The molecular weight excluding hydrogens is 252 g/mol. The third-order valence-corrected chi connectivity index (χ3v) is 5.05. The van der Waals surface area contributed by atoms with Crippen LogP contribution in [0.5, 0.6) is 0 Å². The van der Waals surface area contributed by atoms with Crippen molar-refractivity contribution in [3.63, 3.8) is 0 Å². The van der Waals surface area contributed by atoms with Gasteiger partial charge in [0, 0.05) is 44.8 Å². The first-order chi connectivity index (χ1) is 9.81. The fourth-order valence-corrected chi connectivity index (χ4v) is 3.78. The van der Waals surface area contributed by atoms with Gasteiger partial charge in [-0.2, -0.15) is 0 Å². The minimum Gasteiger partial charge on any atom is -0.352 e. The third kappa shape index (κ3) is 3.71. The Hall–Kier alpha value is -0.650. The first-order valence-electron chi connectivity index (χ1n) is 8.28. The van der Waals surface area contributed by atoms with E-state index >= 15 is 0 Å². The number of nitrogens with one attached hydrogen (secondary N) is 2. The SMILES string of the molecule is O=C(CN1CCN(C2CCNC2)CC1)NC1CCCC1. The van der Waals surface area contributed by atoms with Crippen LogP contribution in [0.3, 0.4) is 0 Å². The Morgan fingerprint density at radius 3 is 2.50 bits per heavy atom. The summed E-state index contributed by atoms with van der Waals surface area (Å²) in [5.74, 6) is 0.230. The van der Waals surface area contributed by atoms with Crippen molar-refractivity contribution < 1.29 is 4.79 Å². The molecule has 0 aromatic rings. The first-order valence-corrected chi connectivity index (χ1v) is 8.28. The maximum Gasteiger partial charge on any atom is 0.234 e.